The highest BCUT2D eigenvalue weighted by molar-refractivity contribution is 6.34. The van der Waals surface area contributed by atoms with E-state index in [1.807, 2.05) is 0 Å². The second-order valence-corrected chi connectivity index (χ2v) is 8.34. The summed E-state index contributed by atoms with van der Waals surface area (Å²) in [5.41, 5.74) is 1.85. The Balaban J connectivity index is 1.56. The number of hydrogen-bond donors (Lipinski definition) is 3. The molecule has 3 N–H and O–H groups in total. The van der Waals surface area contributed by atoms with Crippen molar-refractivity contribution in [1.82, 2.24) is 15.3 Å². The number of amides is 2. The van der Waals surface area contributed by atoms with Crippen LogP contribution in [0.15, 0.2) is 30.6 Å². The van der Waals surface area contributed by atoms with E-state index in [4.69, 9.17) is 25.8 Å². The Labute approximate surface area is 196 Å². The van der Waals surface area contributed by atoms with E-state index in [0.29, 0.717) is 76.0 Å². The van der Waals surface area contributed by atoms with Crippen LogP contribution < -0.4 is 30.2 Å². The van der Waals surface area contributed by atoms with Crippen molar-refractivity contribution in [2.75, 3.05) is 37.5 Å². The average Bonchev–Trinajstić information content (AvgIpc) is 2.80. The van der Waals surface area contributed by atoms with Gasteiger partial charge in [0.2, 0.25) is 5.75 Å². The minimum atomic E-state index is -0.294. The molecule has 2 amide bonds. The molecule has 1 aliphatic rings. The molecule has 10 heteroatoms. The summed E-state index contributed by atoms with van der Waals surface area (Å²) < 4.78 is 17.1. The van der Waals surface area contributed by atoms with E-state index in [1.54, 1.807) is 31.4 Å². The zero-order valence-electron chi connectivity index (χ0n) is 18.7. The Morgan fingerprint density at radius 3 is 2.70 bits per heavy atom. The number of halogens is 1. The first-order chi connectivity index (χ1) is 16.0. The molecule has 3 aromatic rings. The second kappa shape index (κ2) is 9.99. The molecule has 4 rings (SSSR count). The van der Waals surface area contributed by atoms with Gasteiger partial charge in [0.15, 0.2) is 11.5 Å². The van der Waals surface area contributed by atoms with Crippen LogP contribution >= 0.6 is 11.6 Å². The number of anilines is 3. The Morgan fingerprint density at radius 2 is 1.97 bits per heavy atom. The summed E-state index contributed by atoms with van der Waals surface area (Å²) in [6.45, 7) is 5.65. The minimum Gasteiger partial charge on any atom is -0.493 e. The monoisotopic (exact) mass is 471 g/mol. The summed E-state index contributed by atoms with van der Waals surface area (Å²) in [6.07, 6.45) is 2.36. The molecule has 0 saturated carbocycles. The van der Waals surface area contributed by atoms with E-state index in [0.717, 1.165) is 6.42 Å². The molecule has 9 nitrogen and oxygen atoms in total. The van der Waals surface area contributed by atoms with Crippen molar-refractivity contribution in [2.24, 2.45) is 5.92 Å². The number of nitrogens with zero attached hydrogens (tertiary/aromatic N) is 2. The predicted octanol–water partition coefficient (Wildman–Crippen LogP) is 4.97. The van der Waals surface area contributed by atoms with Gasteiger partial charge in [0.1, 0.15) is 25.4 Å². The maximum Gasteiger partial charge on any atom is 0.319 e. The lowest BCUT2D eigenvalue weighted by Crippen LogP contribution is -2.30. The number of ether oxygens (including phenoxy) is 3. The molecule has 0 saturated heterocycles. The Hall–Kier alpha value is -3.46. The van der Waals surface area contributed by atoms with Gasteiger partial charge in [-0.15, -0.1) is 0 Å². The molecule has 1 aliphatic heterocycles. The quantitative estimate of drug-likeness (QED) is 0.446. The van der Waals surface area contributed by atoms with Crippen LogP contribution in [0.4, 0.5) is 22.0 Å². The van der Waals surface area contributed by atoms with Crippen LogP contribution in [-0.4, -0.2) is 42.9 Å². The number of methoxy groups -OCH3 is 1. The largest absolute Gasteiger partial charge is 0.493 e. The average molecular weight is 472 g/mol. The molecule has 0 fully saturated rings. The highest BCUT2D eigenvalue weighted by Gasteiger charge is 2.24. The van der Waals surface area contributed by atoms with Crippen molar-refractivity contribution in [1.29, 1.82) is 0 Å². The van der Waals surface area contributed by atoms with Crippen LogP contribution in [0.25, 0.3) is 10.9 Å². The maximum absolute atomic E-state index is 12.1. The first kappa shape index (κ1) is 22.7. The molecule has 2 aromatic carbocycles. The summed E-state index contributed by atoms with van der Waals surface area (Å²) in [5.74, 6) is 2.65. The molecule has 33 heavy (non-hydrogen) atoms. The Kier molecular flexibility index (Phi) is 6.88. The zero-order chi connectivity index (χ0) is 23.4. The molecular weight excluding hydrogens is 446 g/mol. The van der Waals surface area contributed by atoms with Gasteiger partial charge in [0.25, 0.3) is 0 Å². The van der Waals surface area contributed by atoms with Gasteiger partial charge in [-0.2, -0.15) is 0 Å². The van der Waals surface area contributed by atoms with E-state index in [-0.39, 0.29) is 6.03 Å². The Morgan fingerprint density at radius 1 is 1.18 bits per heavy atom. The van der Waals surface area contributed by atoms with Gasteiger partial charge in [0, 0.05) is 18.3 Å². The third-order valence-corrected chi connectivity index (χ3v) is 5.40. The summed E-state index contributed by atoms with van der Waals surface area (Å²) in [4.78, 5) is 20.9. The number of nitrogens with one attached hydrogen (secondary N) is 3. The van der Waals surface area contributed by atoms with Gasteiger partial charge in [-0.1, -0.05) is 25.4 Å². The van der Waals surface area contributed by atoms with E-state index in [1.165, 1.54) is 6.33 Å². The number of carbonyl (C=O) groups is 1. The number of hydrogen-bond acceptors (Lipinski definition) is 7. The lowest BCUT2D eigenvalue weighted by molar-refractivity contribution is 0.167. The lowest BCUT2D eigenvalue weighted by atomic mass is 10.1. The van der Waals surface area contributed by atoms with E-state index in [9.17, 15) is 4.79 Å². The first-order valence-corrected chi connectivity index (χ1v) is 11.1. The Bertz CT molecular complexity index is 1170. The summed E-state index contributed by atoms with van der Waals surface area (Å²) in [6, 6.07) is 6.74. The third-order valence-electron chi connectivity index (χ3n) is 5.08. The predicted molar refractivity (Wildman–Crippen MR) is 128 cm³/mol. The SMILES string of the molecule is COc1cc2ncnc(Nc3ccc(NC(=O)NCCC(C)C)c(Cl)c3)c2c2c1OCCO2. The fourth-order valence-corrected chi connectivity index (χ4v) is 3.66. The number of rotatable bonds is 7. The van der Waals surface area contributed by atoms with Crippen LogP contribution in [0.1, 0.15) is 20.3 Å². The standard InChI is InChI=1S/C23H26ClN5O4/c1-13(2)6-7-25-23(30)29-16-5-4-14(10-15(16)24)28-22-19-17(26-12-27-22)11-18(31-3)20-21(19)33-9-8-32-20/h4-5,10-13H,6-9H2,1-3H3,(H2,25,29,30)(H,26,27,28). The van der Waals surface area contributed by atoms with E-state index < -0.39 is 0 Å². The van der Waals surface area contributed by atoms with Gasteiger partial charge in [0.05, 0.1) is 28.7 Å². The molecule has 0 atom stereocenters. The van der Waals surface area contributed by atoms with Crippen molar-refractivity contribution < 1.29 is 19.0 Å². The summed E-state index contributed by atoms with van der Waals surface area (Å²) in [5, 5.41) is 9.93. The molecule has 0 radical (unpaired) electrons. The molecule has 174 valence electrons. The lowest BCUT2D eigenvalue weighted by Gasteiger charge is -2.23. The van der Waals surface area contributed by atoms with Crippen LogP contribution in [0.2, 0.25) is 5.02 Å². The molecule has 0 spiro atoms. The third kappa shape index (κ3) is 5.14. The fourth-order valence-electron chi connectivity index (χ4n) is 3.43. The highest BCUT2D eigenvalue weighted by atomic mass is 35.5. The number of benzene rings is 2. The van der Waals surface area contributed by atoms with E-state index >= 15 is 0 Å². The van der Waals surface area contributed by atoms with Gasteiger partial charge < -0.3 is 30.2 Å². The molecule has 0 bridgehead atoms. The van der Waals surface area contributed by atoms with Crippen molar-refractivity contribution in [3.63, 3.8) is 0 Å². The van der Waals surface area contributed by atoms with Crippen molar-refractivity contribution in [2.45, 2.75) is 20.3 Å². The smallest absolute Gasteiger partial charge is 0.319 e. The normalized spacial score (nSPS) is 12.5. The fraction of sp³-hybridized carbons (Fsp3) is 0.348. The van der Waals surface area contributed by atoms with Crippen molar-refractivity contribution >= 4 is 45.7 Å². The number of aromatic nitrogens is 2. The molecule has 0 unspecified atom stereocenters. The van der Waals surface area contributed by atoms with Gasteiger partial charge >= 0.3 is 6.03 Å². The molecular formula is C23H26ClN5O4. The summed E-state index contributed by atoms with van der Waals surface area (Å²) >= 11 is 6.42. The topological polar surface area (TPSA) is 107 Å². The highest BCUT2D eigenvalue weighted by Crippen LogP contribution is 2.47. The van der Waals surface area contributed by atoms with Gasteiger partial charge in [-0.3, -0.25) is 0 Å². The minimum absolute atomic E-state index is 0.294. The molecule has 1 aromatic heterocycles. The van der Waals surface area contributed by atoms with Crippen LogP contribution in [-0.2, 0) is 0 Å². The number of carbonyl (C=O) groups excluding carboxylic acids is 1. The van der Waals surface area contributed by atoms with Gasteiger partial charge in [-0.25, -0.2) is 14.8 Å². The maximum atomic E-state index is 12.1. The first-order valence-electron chi connectivity index (χ1n) is 10.7. The number of fused-ring (bicyclic) bond motifs is 3. The zero-order valence-corrected chi connectivity index (χ0v) is 19.5. The van der Waals surface area contributed by atoms with Crippen molar-refractivity contribution in [3.05, 3.63) is 35.6 Å². The molecule has 0 aliphatic carbocycles. The van der Waals surface area contributed by atoms with Crippen LogP contribution in [0.5, 0.6) is 17.2 Å². The van der Waals surface area contributed by atoms with Gasteiger partial charge in [-0.05, 0) is 30.5 Å². The van der Waals surface area contributed by atoms with Crippen molar-refractivity contribution in [3.8, 4) is 17.2 Å². The molecule has 2 heterocycles. The van der Waals surface area contributed by atoms with Crippen LogP contribution in [0, 0.1) is 5.92 Å². The second-order valence-electron chi connectivity index (χ2n) is 7.93. The van der Waals surface area contributed by atoms with Crippen LogP contribution in [0.3, 0.4) is 0 Å². The summed E-state index contributed by atoms with van der Waals surface area (Å²) in [7, 11) is 1.57. The van der Waals surface area contributed by atoms with E-state index in [2.05, 4.69) is 39.8 Å². The number of urea groups is 1.